The van der Waals surface area contributed by atoms with Crippen LogP contribution in [0.4, 0.5) is 0 Å². The molecule has 25 heavy (non-hydrogen) atoms. The zero-order valence-corrected chi connectivity index (χ0v) is 14.1. The van der Waals surface area contributed by atoms with Crippen LogP contribution in [-0.2, 0) is 30.4 Å². The molecule has 0 saturated carbocycles. The minimum absolute atomic E-state index is 0.0162. The van der Waals surface area contributed by atoms with Crippen molar-refractivity contribution < 1.29 is 24.0 Å². The predicted octanol–water partition coefficient (Wildman–Crippen LogP) is 1.05. The van der Waals surface area contributed by atoms with Gasteiger partial charge in [0, 0.05) is 6.92 Å². The van der Waals surface area contributed by atoms with Gasteiger partial charge in [0.05, 0.1) is 26.0 Å². The molecule has 1 aromatic rings. The van der Waals surface area contributed by atoms with Gasteiger partial charge in [-0.1, -0.05) is 36.4 Å². The van der Waals surface area contributed by atoms with Gasteiger partial charge in [-0.2, -0.15) is 5.06 Å². The predicted molar refractivity (Wildman–Crippen MR) is 87.7 cm³/mol. The van der Waals surface area contributed by atoms with E-state index in [1.807, 2.05) is 30.3 Å². The van der Waals surface area contributed by atoms with Crippen LogP contribution in [0.3, 0.4) is 0 Å². The Kier molecular flexibility index (Phi) is 4.85. The highest BCUT2D eigenvalue weighted by Gasteiger charge is 2.48. The van der Waals surface area contributed by atoms with Gasteiger partial charge >= 0.3 is 5.97 Å². The Bertz CT molecular complexity index is 703. The minimum atomic E-state index is -0.659. The Morgan fingerprint density at radius 3 is 2.52 bits per heavy atom. The fourth-order valence-corrected chi connectivity index (χ4v) is 3.22. The lowest BCUT2D eigenvalue weighted by Gasteiger charge is -2.51. The topological polar surface area (TPSA) is 76.2 Å². The summed E-state index contributed by atoms with van der Waals surface area (Å²) in [5, 5.41) is 1.23. The van der Waals surface area contributed by atoms with Crippen LogP contribution in [0.25, 0.3) is 0 Å². The molecule has 0 N–H and O–H groups in total. The molecule has 2 bridgehead atoms. The van der Waals surface area contributed by atoms with Crippen LogP contribution in [-0.4, -0.2) is 53.2 Å². The normalized spacial score (nSPS) is 24.3. The molecule has 1 fully saturated rings. The molecule has 4 rings (SSSR count). The second-order valence-corrected chi connectivity index (χ2v) is 6.02. The maximum atomic E-state index is 12.6. The first-order chi connectivity index (χ1) is 12.0. The molecular formula is C18H20N2O5. The average Bonchev–Trinajstić information content (AvgIpc) is 2.62. The summed E-state index contributed by atoms with van der Waals surface area (Å²) < 4.78 is 4.70. The Morgan fingerprint density at radius 2 is 1.88 bits per heavy atom. The largest absolute Gasteiger partial charge is 0.469 e. The third kappa shape index (κ3) is 3.41. The van der Waals surface area contributed by atoms with Crippen molar-refractivity contribution in [3.63, 3.8) is 0 Å². The summed E-state index contributed by atoms with van der Waals surface area (Å²) >= 11 is 0. The number of amides is 2. The van der Waals surface area contributed by atoms with Gasteiger partial charge in [0.25, 0.3) is 5.91 Å². The second-order valence-electron chi connectivity index (χ2n) is 6.02. The molecule has 3 heterocycles. The van der Waals surface area contributed by atoms with Gasteiger partial charge in [0.15, 0.2) is 6.17 Å². The molecule has 1 saturated heterocycles. The van der Waals surface area contributed by atoms with Crippen molar-refractivity contribution in [3.8, 4) is 0 Å². The van der Waals surface area contributed by atoms with E-state index >= 15 is 0 Å². The van der Waals surface area contributed by atoms with E-state index in [1.165, 1.54) is 24.0 Å². The first kappa shape index (κ1) is 17.2. The van der Waals surface area contributed by atoms with Crippen LogP contribution in [0.2, 0.25) is 0 Å². The molecule has 3 aliphatic heterocycles. The maximum Gasteiger partial charge on any atom is 0.307 e. The van der Waals surface area contributed by atoms with Gasteiger partial charge in [0.1, 0.15) is 6.10 Å². The van der Waals surface area contributed by atoms with Crippen LogP contribution in [0, 0.1) is 0 Å². The number of carbonyl (C=O) groups excluding carboxylic acids is 3. The molecule has 0 aliphatic carbocycles. The number of hydrogen-bond acceptors (Lipinski definition) is 5. The van der Waals surface area contributed by atoms with Crippen molar-refractivity contribution in [2.24, 2.45) is 0 Å². The average molecular weight is 344 g/mol. The first-order valence-corrected chi connectivity index (χ1v) is 8.08. The summed E-state index contributed by atoms with van der Waals surface area (Å²) in [4.78, 5) is 43.7. The lowest BCUT2D eigenvalue weighted by atomic mass is 9.97. The molecule has 132 valence electrons. The molecule has 3 aliphatic rings. The van der Waals surface area contributed by atoms with E-state index in [0.29, 0.717) is 0 Å². The van der Waals surface area contributed by atoms with Crippen molar-refractivity contribution in [2.75, 3.05) is 7.11 Å². The highest BCUT2D eigenvalue weighted by molar-refractivity contribution is 5.81. The zero-order chi connectivity index (χ0) is 18.0. The van der Waals surface area contributed by atoms with E-state index < -0.39 is 24.3 Å². The van der Waals surface area contributed by atoms with Crippen LogP contribution in [0.5, 0.6) is 0 Å². The third-order valence-electron chi connectivity index (χ3n) is 4.38. The number of esters is 1. The number of fused-ring (bicyclic) bond motifs is 2. The number of rotatable bonds is 4. The van der Waals surface area contributed by atoms with Crippen molar-refractivity contribution >= 4 is 17.8 Å². The van der Waals surface area contributed by atoms with E-state index in [-0.39, 0.29) is 24.7 Å². The lowest BCUT2D eigenvalue weighted by molar-refractivity contribution is -0.273. The number of nitrogens with zero attached hydrogens (tertiary/aromatic N) is 2. The highest BCUT2D eigenvalue weighted by atomic mass is 16.7. The minimum Gasteiger partial charge on any atom is -0.469 e. The number of methoxy groups -OCH3 is 1. The Hall–Kier alpha value is -2.67. The standard InChI is InChI=1S/C18H20N2O5/c1-12(21)19-14(11-18(23)24-2)15-8-9-16(19)20(25-15)17(22)10-13-6-4-3-5-7-13/h3-9,14-16H,10-11H2,1-2H3/t14-,15+,16-/m1/s1. The van der Waals surface area contributed by atoms with Gasteiger partial charge in [-0.05, 0) is 11.6 Å². The van der Waals surface area contributed by atoms with E-state index in [2.05, 4.69) is 0 Å². The fraction of sp³-hybridized carbons (Fsp3) is 0.389. The molecule has 0 radical (unpaired) electrons. The number of hydroxylamine groups is 2. The number of carbonyl (C=O) groups is 3. The molecule has 0 aromatic heterocycles. The third-order valence-corrected chi connectivity index (χ3v) is 4.38. The second kappa shape index (κ2) is 7.06. The van der Waals surface area contributed by atoms with Gasteiger partial charge in [0.2, 0.25) is 5.91 Å². The van der Waals surface area contributed by atoms with E-state index in [9.17, 15) is 14.4 Å². The van der Waals surface area contributed by atoms with Gasteiger partial charge in [-0.3, -0.25) is 19.2 Å². The molecule has 0 unspecified atom stereocenters. The molecule has 7 heteroatoms. The Balaban J connectivity index is 1.79. The first-order valence-electron chi connectivity index (χ1n) is 8.08. The Morgan fingerprint density at radius 1 is 1.16 bits per heavy atom. The van der Waals surface area contributed by atoms with Crippen LogP contribution in [0.1, 0.15) is 18.9 Å². The van der Waals surface area contributed by atoms with Crippen LogP contribution >= 0.6 is 0 Å². The van der Waals surface area contributed by atoms with E-state index in [1.54, 1.807) is 12.2 Å². The Labute approximate surface area is 145 Å². The van der Waals surface area contributed by atoms with Gasteiger partial charge < -0.3 is 9.64 Å². The summed E-state index contributed by atoms with van der Waals surface area (Å²) in [5.74, 6) is -0.898. The monoisotopic (exact) mass is 344 g/mol. The van der Waals surface area contributed by atoms with Crippen molar-refractivity contribution in [1.29, 1.82) is 0 Å². The van der Waals surface area contributed by atoms with Crippen LogP contribution in [0.15, 0.2) is 42.5 Å². The molecule has 2 amide bonds. The molecule has 1 aromatic carbocycles. The molecular weight excluding hydrogens is 324 g/mol. The summed E-state index contributed by atoms with van der Waals surface area (Å²) in [7, 11) is 1.30. The number of ether oxygens (including phenoxy) is 1. The fourth-order valence-electron chi connectivity index (χ4n) is 3.22. The zero-order valence-electron chi connectivity index (χ0n) is 14.1. The van der Waals surface area contributed by atoms with Crippen molar-refractivity contribution in [1.82, 2.24) is 9.96 Å². The summed E-state index contributed by atoms with van der Waals surface area (Å²) in [5.41, 5.74) is 0.863. The molecule has 0 spiro atoms. The summed E-state index contributed by atoms with van der Waals surface area (Å²) in [6, 6.07) is 8.84. The highest BCUT2D eigenvalue weighted by Crippen LogP contribution is 2.32. The maximum absolute atomic E-state index is 12.6. The SMILES string of the molecule is COC(=O)C[C@@H]1[C@@H]2C=C[C@@H](N(C(=O)Cc3ccccc3)O2)N1C(C)=O. The molecule has 3 atom stereocenters. The van der Waals surface area contributed by atoms with Crippen LogP contribution < -0.4 is 0 Å². The molecule has 7 nitrogen and oxygen atoms in total. The van der Waals surface area contributed by atoms with E-state index in [4.69, 9.17) is 9.57 Å². The number of hydrogen-bond donors (Lipinski definition) is 0. The summed E-state index contributed by atoms with van der Waals surface area (Å²) in [6.45, 7) is 1.42. The smallest absolute Gasteiger partial charge is 0.307 e. The van der Waals surface area contributed by atoms with E-state index in [0.717, 1.165) is 5.56 Å². The van der Waals surface area contributed by atoms with Gasteiger partial charge in [-0.25, -0.2) is 0 Å². The van der Waals surface area contributed by atoms with Gasteiger partial charge in [-0.15, -0.1) is 0 Å². The number of benzene rings is 1. The lowest BCUT2D eigenvalue weighted by Crippen LogP contribution is -2.67. The summed E-state index contributed by atoms with van der Waals surface area (Å²) in [6.07, 6.45) is 2.50. The quantitative estimate of drug-likeness (QED) is 0.603. The van der Waals surface area contributed by atoms with Crippen molar-refractivity contribution in [2.45, 2.75) is 38.1 Å². The van der Waals surface area contributed by atoms with Crippen molar-refractivity contribution in [3.05, 3.63) is 48.0 Å².